The largest absolute Gasteiger partial charge is 0.382 e. The van der Waals surface area contributed by atoms with Gasteiger partial charge in [-0.05, 0) is 37.4 Å². The average molecular weight is 290 g/mol. The van der Waals surface area contributed by atoms with E-state index in [0.717, 1.165) is 35.6 Å². The predicted molar refractivity (Wildman–Crippen MR) is 81.8 cm³/mol. The van der Waals surface area contributed by atoms with E-state index < -0.39 is 0 Å². The molecule has 0 saturated heterocycles. The molecule has 1 aliphatic rings. The van der Waals surface area contributed by atoms with Crippen LogP contribution in [0.1, 0.15) is 19.8 Å². The number of nitrogens with one attached hydrogen (secondary N) is 1. The number of nitrogens with zero attached hydrogens (tertiary/aromatic N) is 2. The number of pyridine rings is 1. The molecule has 0 bridgehead atoms. The van der Waals surface area contributed by atoms with Crippen molar-refractivity contribution in [3.8, 4) is 11.1 Å². The maximum atomic E-state index is 5.99. The van der Waals surface area contributed by atoms with Gasteiger partial charge in [-0.1, -0.05) is 6.07 Å². The standard InChI is InChI=1S/C14H18N4OS/c1-2-19-11-6-10(7-11)17-14-12(13(15)18-20-14)9-4-3-5-16-8-9/h3-5,8,10-11,17H,2,6-7H2,1H3,(H2,15,18). The summed E-state index contributed by atoms with van der Waals surface area (Å²) in [6.07, 6.45) is 6.04. The molecule has 0 amide bonds. The molecular weight excluding hydrogens is 272 g/mol. The minimum Gasteiger partial charge on any atom is -0.382 e. The summed E-state index contributed by atoms with van der Waals surface area (Å²) < 4.78 is 9.84. The highest BCUT2D eigenvalue weighted by molar-refractivity contribution is 7.11. The zero-order chi connectivity index (χ0) is 13.9. The second kappa shape index (κ2) is 5.76. The summed E-state index contributed by atoms with van der Waals surface area (Å²) in [5.74, 6) is 0.561. The normalized spacial score (nSPS) is 21.4. The monoisotopic (exact) mass is 290 g/mol. The summed E-state index contributed by atoms with van der Waals surface area (Å²) in [5, 5.41) is 4.55. The Kier molecular flexibility index (Phi) is 3.84. The van der Waals surface area contributed by atoms with Gasteiger partial charge in [0.2, 0.25) is 0 Å². The first-order valence-corrected chi connectivity index (χ1v) is 7.59. The van der Waals surface area contributed by atoms with Gasteiger partial charge in [0.1, 0.15) is 10.8 Å². The minimum atomic E-state index is 0.393. The molecule has 1 saturated carbocycles. The maximum absolute atomic E-state index is 5.99. The van der Waals surface area contributed by atoms with Gasteiger partial charge >= 0.3 is 0 Å². The number of anilines is 2. The van der Waals surface area contributed by atoms with Gasteiger partial charge < -0.3 is 15.8 Å². The number of aromatic nitrogens is 2. The second-order valence-corrected chi connectivity index (χ2v) is 5.68. The maximum Gasteiger partial charge on any atom is 0.147 e. The van der Waals surface area contributed by atoms with Crippen molar-refractivity contribution in [1.82, 2.24) is 9.36 Å². The summed E-state index contributed by atoms with van der Waals surface area (Å²) in [5.41, 5.74) is 7.95. The van der Waals surface area contributed by atoms with Crippen LogP contribution in [0.4, 0.5) is 10.8 Å². The van der Waals surface area contributed by atoms with Gasteiger partial charge in [0.25, 0.3) is 0 Å². The lowest BCUT2D eigenvalue weighted by molar-refractivity contribution is 0.00306. The Hall–Kier alpha value is -1.66. The number of nitrogens with two attached hydrogens (primary N) is 1. The van der Waals surface area contributed by atoms with Gasteiger partial charge in [0.05, 0.1) is 11.7 Å². The fourth-order valence-corrected chi connectivity index (χ4v) is 3.25. The molecule has 0 radical (unpaired) electrons. The third-order valence-electron chi connectivity index (χ3n) is 3.50. The molecular formula is C14H18N4OS. The van der Waals surface area contributed by atoms with Crippen LogP contribution in [0.25, 0.3) is 11.1 Å². The second-order valence-electron chi connectivity index (χ2n) is 4.90. The molecule has 0 aromatic carbocycles. The Balaban J connectivity index is 1.72. The van der Waals surface area contributed by atoms with Crippen LogP contribution in [0.15, 0.2) is 24.5 Å². The Morgan fingerprint density at radius 1 is 1.50 bits per heavy atom. The molecule has 5 nitrogen and oxygen atoms in total. The smallest absolute Gasteiger partial charge is 0.147 e. The highest BCUT2D eigenvalue weighted by Crippen LogP contribution is 2.38. The Bertz CT molecular complexity index is 566. The molecule has 2 aromatic heterocycles. The lowest BCUT2D eigenvalue weighted by Gasteiger charge is -2.35. The SMILES string of the molecule is CCOC1CC(Nc2snc(N)c2-c2cccnc2)C1. The molecule has 0 atom stereocenters. The van der Waals surface area contributed by atoms with Crippen LogP contribution in [0, 0.1) is 0 Å². The Labute approximate surface area is 122 Å². The first-order valence-electron chi connectivity index (χ1n) is 6.81. The first-order chi connectivity index (χ1) is 9.78. The van der Waals surface area contributed by atoms with Crippen LogP contribution >= 0.6 is 11.5 Å². The fraction of sp³-hybridized carbons (Fsp3) is 0.429. The van der Waals surface area contributed by atoms with E-state index in [4.69, 9.17) is 10.5 Å². The van der Waals surface area contributed by atoms with Crippen LogP contribution in [-0.4, -0.2) is 28.1 Å². The van der Waals surface area contributed by atoms with Crippen LogP contribution in [-0.2, 0) is 4.74 Å². The summed E-state index contributed by atoms with van der Waals surface area (Å²) in [6, 6.07) is 4.36. The molecule has 0 spiro atoms. The van der Waals surface area contributed by atoms with Gasteiger partial charge in [-0.25, -0.2) is 0 Å². The van der Waals surface area contributed by atoms with Crippen molar-refractivity contribution in [2.75, 3.05) is 17.7 Å². The third kappa shape index (κ3) is 2.62. The zero-order valence-electron chi connectivity index (χ0n) is 11.4. The van der Waals surface area contributed by atoms with E-state index in [0.29, 0.717) is 18.0 Å². The molecule has 3 rings (SSSR count). The van der Waals surface area contributed by atoms with Crippen molar-refractivity contribution in [2.24, 2.45) is 0 Å². The molecule has 1 fully saturated rings. The Morgan fingerprint density at radius 2 is 2.35 bits per heavy atom. The van der Waals surface area contributed by atoms with Gasteiger partial charge in [-0.15, -0.1) is 0 Å². The van der Waals surface area contributed by atoms with Crippen LogP contribution in [0.3, 0.4) is 0 Å². The zero-order valence-corrected chi connectivity index (χ0v) is 12.2. The van der Waals surface area contributed by atoms with E-state index in [9.17, 15) is 0 Å². The lowest BCUT2D eigenvalue weighted by Crippen LogP contribution is -2.40. The van der Waals surface area contributed by atoms with Crippen LogP contribution in [0.5, 0.6) is 0 Å². The van der Waals surface area contributed by atoms with Gasteiger partial charge in [-0.3, -0.25) is 4.98 Å². The van der Waals surface area contributed by atoms with Crippen molar-refractivity contribution < 1.29 is 4.74 Å². The molecule has 6 heteroatoms. The van der Waals surface area contributed by atoms with Crippen LogP contribution in [0.2, 0.25) is 0 Å². The van der Waals surface area contributed by atoms with E-state index in [1.165, 1.54) is 11.5 Å². The topological polar surface area (TPSA) is 73.1 Å². The number of ether oxygens (including phenoxy) is 1. The van der Waals surface area contributed by atoms with E-state index in [1.54, 1.807) is 6.20 Å². The van der Waals surface area contributed by atoms with Gasteiger partial charge in [-0.2, -0.15) is 4.37 Å². The quantitative estimate of drug-likeness (QED) is 0.886. The van der Waals surface area contributed by atoms with Crippen molar-refractivity contribution in [2.45, 2.75) is 31.9 Å². The van der Waals surface area contributed by atoms with E-state index in [2.05, 4.69) is 14.7 Å². The number of hydrogen-bond donors (Lipinski definition) is 2. The number of nitrogen functional groups attached to an aromatic ring is 1. The molecule has 106 valence electrons. The molecule has 0 aliphatic heterocycles. The summed E-state index contributed by atoms with van der Waals surface area (Å²) in [7, 11) is 0. The van der Waals surface area contributed by atoms with E-state index in [1.807, 2.05) is 25.3 Å². The highest BCUT2D eigenvalue weighted by atomic mass is 32.1. The highest BCUT2D eigenvalue weighted by Gasteiger charge is 2.30. The molecule has 3 N–H and O–H groups in total. The first kappa shape index (κ1) is 13.3. The molecule has 2 heterocycles. The summed E-state index contributed by atoms with van der Waals surface area (Å²) >= 11 is 1.41. The van der Waals surface area contributed by atoms with Crippen molar-refractivity contribution >= 4 is 22.4 Å². The number of rotatable bonds is 5. The van der Waals surface area contributed by atoms with E-state index in [-0.39, 0.29) is 0 Å². The molecule has 0 unspecified atom stereocenters. The van der Waals surface area contributed by atoms with Gasteiger partial charge in [0.15, 0.2) is 0 Å². The predicted octanol–water partition coefficient (Wildman–Crippen LogP) is 2.77. The van der Waals surface area contributed by atoms with Crippen LogP contribution < -0.4 is 11.1 Å². The Morgan fingerprint density at radius 3 is 3.05 bits per heavy atom. The fourth-order valence-electron chi connectivity index (χ4n) is 2.43. The van der Waals surface area contributed by atoms with Crippen molar-refractivity contribution in [3.63, 3.8) is 0 Å². The molecule has 2 aromatic rings. The van der Waals surface area contributed by atoms with Gasteiger partial charge in [0, 0.05) is 30.6 Å². The summed E-state index contributed by atoms with van der Waals surface area (Å²) in [6.45, 7) is 2.82. The molecule has 20 heavy (non-hydrogen) atoms. The lowest BCUT2D eigenvalue weighted by atomic mass is 9.89. The molecule has 1 aliphatic carbocycles. The van der Waals surface area contributed by atoms with E-state index >= 15 is 0 Å². The van der Waals surface area contributed by atoms with Crippen molar-refractivity contribution in [3.05, 3.63) is 24.5 Å². The third-order valence-corrected chi connectivity index (χ3v) is 4.29. The summed E-state index contributed by atoms with van der Waals surface area (Å²) in [4.78, 5) is 4.15. The number of hydrogen-bond acceptors (Lipinski definition) is 6. The van der Waals surface area contributed by atoms with Crippen molar-refractivity contribution in [1.29, 1.82) is 0 Å². The minimum absolute atomic E-state index is 0.393. The average Bonchev–Trinajstić information content (AvgIpc) is 2.78.